The fraction of sp³-hybridized carbons (Fsp3) is 0.647. The number of hydrogen-bond acceptors (Lipinski definition) is 3. The monoisotopic (exact) mass is 275 g/mol. The van der Waals surface area contributed by atoms with Gasteiger partial charge in [-0.2, -0.15) is 0 Å². The Kier molecular flexibility index (Phi) is 6.34. The summed E-state index contributed by atoms with van der Waals surface area (Å²) in [5.41, 5.74) is 2.75. The van der Waals surface area contributed by atoms with Gasteiger partial charge in [-0.1, -0.05) is 32.0 Å². The van der Waals surface area contributed by atoms with Gasteiger partial charge in [-0.15, -0.1) is 0 Å². The smallest absolute Gasteiger partial charge is 0.0388 e. The predicted molar refractivity (Wildman–Crippen MR) is 87.2 cm³/mol. The molecule has 1 aliphatic heterocycles. The van der Waals surface area contributed by atoms with Crippen molar-refractivity contribution >= 4 is 5.69 Å². The molecule has 1 fully saturated rings. The second kappa shape index (κ2) is 8.28. The Morgan fingerprint density at radius 1 is 1.15 bits per heavy atom. The van der Waals surface area contributed by atoms with Crippen LogP contribution in [-0.4, -0.2) is 37.1 Å². The van der Waals surface area contributed by atoms with Crippen LogP contribution in [0.1, 0.15) is 38.7 Å². The van der Waals surface area contributed by atoms with Crippen molar-refractivity contribution in [3.8, 4) is 0 Å². The lowest BCUT2D eigenvalue weighted by atomic mass is 10.1. The summed E-state index contributed by atoms with van der Waals surface area (Å²) in [5, 5.41) is 7.26. The molecule has 0 aliphatic carbocycles. The molecule has 2 rings (SSSR count). The van der Waals surface area contributed by atoms with Crippen LogP contribution in [-0.2, 0) is 6.54 Å². The maximum absolute atomic E-state index is 3.78. The standard InChI is InChI=1S/C17H29N3/c1-3-20(4-2)14-15-8-5-6-10-17(15)19-16-9-7-12-18-13-11-16/h5-6,8,10,16,18-19H,3-4,7,9,11-14H2,1-2H3. The quantitative estimate of drug-likeness (QED) is 0.835. The van der Waals surface area contributed by atoms with E-state index in [1.54, 1.807) is 0 Å². The fourth-order valence-corrected chi connectivity index (χ4v) is 2.87. The molecule has 20 heavy (non-hydrogen) atoms. The molecule has 1 unspecified atom stereocenters. The molecule has 0 aromatic heterocycles. The minimum atomic E-state index is 0.614. The first-order chi connectivity index (χ1) is 9.83. The van der Waals surface area contributed by atoms with Gasteiger partial charge in [0.05, 0.1) is 0 Å². The van der Waals surface area contributed by atoms with E-state index in [0.29, 0.717) is 6.04 Å². The molecule has 1 heterocycles. The van der Waals surface area contributed by atoms with Crippen LogP contribution in [0.3, 0.4) is 0 Å². The fourth-order valence-electron chi connectivity index (χ4n) is 2.87. The Bertz CT molecular complexity index is 380. The highest BCUT2D eigenvalue weighted by molar-refractivity contribution is 5.51. The van der Waals surface area contributed by atoms with Crippen LogP contribution in [0.5, 0.6) is 0 Å². The summed E-state index contributed by atoms with van der Waals surface area (Å²) in [6.45, 7) is 10.0. The van der Waals surface area contributed by atoms with E-state index in [2.05, 4.69) is 53.6 Å². The van der Waals surface area contributed by atoms with Gasteiger partial charge in [0.25, 0.3) is 0 Å². The highest BCUT2D eigenvalue weighted by atomic mass is 15.1. The average Bonchev–Trinajstić information content (AvgIpc) is 2.75. The van der Waals surface area contributed by atoms with Crippen LogP contribution in [0.15, 0.2) is 24.3 Å². The zero-order chi connectivity index (χ0) is 14.2. The van der Waals surface area contributed by atoms with Crippen molar-refractivity contribution in [2.45, 2.75) is 45.7 Å². The highest BCUT2D eigenvalue weighted by Crippen LogP contribution is 2.20. The summed E-state index contributed by atoms with van der Waals surface area (Å²) in [6, 6.07) is 9.40. The van der Waals surface area contributed by atoms with Gasteiger partial charge in [-0.05, 0) is 57.1 Å². The second-order valence-corrected chi connectivity index (χ2v) is 5.64. The lowest BCUT2D eigenvalue weighted by Gasteiger charge is -2.23. The van der Waals surface area contributed by atoms with Crippen LogP contribution in [0.4, 0.5) is 5.69 Å². The molecule has 2 N–H and O–H groups in total. The molecule has 1 atom stereocenters. The van der Waals surface area contributed by atoms with Crippen LogP contribution in [0.25, 0.3) is 0 Å². The molecule has 0 radical (unpaired) electrons. The highest BCUT2D eigenvalue weighted by Gasteiger charge is 2.13. The van der Waals surface area contributed by atoms with Gasteiger partial charge >= 0.3 is 0 Å². The first kappa shape index (κ1) is 15.3. The molecule has 0 saturated carbocycles. The number of rotatable bonds is 6. The molecule has 3 heteroatoms. The first-order valence-corrected chi connectivity index (χ1v) is 8.11. The number of nitrogens with zero attached hydrogens (tertiary/aromatic N) is 1. The van der Waals surface area contributed by atoms with Crippen molar-refractivity contribution in [3.05, 3.63) is 29.8 Å². The van der Waals surface area contributed by atoms with Crippen LogP contribution >= 0.6 is 0 Å². The zero-order valence-electron chi connectivity index (χ0n) is 13.0. The molecule has 1 aromatic carbocycles. The van der Waals surface area contributed by atoms with Crippen molar-refractivity contribution in [3.63, 3.8) is 0 Å². The SMILES string of the molecule is CCN(CC)Cc1ccccc1NC1CCCNCC1. The Balaban J connectivity index is 2.02. The van der Waals surface area contributed by atoms with Crippen molar-refractivity contribution in [2.24, 2.45) is 0 Å². The average molecular weight is 275 g/mol. The van der Waals surface area contributed by atoms with Crippen molar-refractivity contribution in [1.82, 2.24) is 10.2 Å². The van der Waals surface area contributed by atoms with Gasteiger partial charge in [-0.3, -0.25) is 4.90 Å². The van der Waals surface area contributed by atoms with E-state index >= 15 is 0 Å². The van der Waals surface area contributed by atoms with Gasteiger partial charge in [-0.25, -0.2) is 0 Å². The minimum Gasteiger partial charge on any atom is -0.382 e. The van der Waals surface area contributed by atoms with Crippen LogP contribution in [0, 0.1) is 0 Å². The zero-order valence-corrected chi connectivity index (χ0v) is 13.0. The second-order valence-electron chi connectivity index (χ2n) is 5.64. The number of para-hydroxylation sites is 1. The molecule has 0 amide bonds. The molecule has 0 spiro atoms. The normalized spacial score (nSPS) is 19.9. The Morgan fingerprint density at radius 3 is 2.75 bits per heavy atom. The molecular weight excluding hydrogens is 246 g/mol. The molecule has 3 nitrogen and oxygen atoms in total. The van der Waals surface area contributed by atoms with Gasteiger partial charge in [0.2, 0.25) is 0 Å². The van der Waals surface area contributed by atoms with E-state index in [9.17, 15) is 0 Å². The first-order valence-electron chi connectivity index (χ1n) is 8.11. The third kappa shape index (κ3) is 4.50. The van der Waals surface area contributed by atoms with E-state index < -0.39 is 0 Å². The van der Waals surface area contributed by atoms with E-state index in [-0.39, 0.29) is 0 Å². The number of benzene rings is 1. The van der Waals surface area contributed by atoms with Gasteiger partial charge < -0.3 is 10.6 Å². The Hall–Kier alpha value is -1.06. The minimum absolute atomic E-state index is 0.614. The molecule has 0 bridgehead atoms. The number of anilines is 1. The molecule has 1 aromatic rings. The summed E-state index contributed by atoms with van der Waals surface area (Å²) < 4.78 is 0. The predicted octanol–water partition coefficient (Wildman–Crippen LogP) is 3.08. The van der Waals surface area contributed by atoms with Gasteiger partial charge in [0.1, 0.15) is 0 Å². The topological polar surface area (TPSA) is 27.3 Å². The Labute approximate surface area is 123 Å². The number of hydrogen-bond donors (Lipinski definition) is 2. The van der Waals surface area contributed by atoms with Crippen LogP contribution in [0.2, 0.25) is 0 Å². The summed E-state index contributed by atoms with van der Waals surface area (Å²) in [7, 11) is 0. The van der Waals surface area contributed by atoms with Gasteiger partial charge in [0.15, 0.2) is 0 Å². The lowest BCUT2D eigenvalue weighted by Crippen LogP contribution is -2.25. The Morgan fingerprint density at radius 2 is 1.95 bits per heavy atom. The summed E-state index contributed by atoms with van der Waals surface area (Å²) in [5.74, 6) is 0. The summed E-state index contributed by atoms with van der Waals surface area (Å²) in [6.07, 6.45) is 3.77. The maximum atomic E-state index is 3.78. The molecular formula is C17H29N3. The van der Waals surface area contributed by atoms with E-state index in [4.69, 9.17) is 0 Å². The van der Waals surface area contributed by atoms with E-state index in [0.717, 1.165) is 26.2 Å². The van der Waals surface area contributed by atoms with E-state index in [1.165, 1.54) is 37.1 Å². The summed E-state index contributed by atoms with van der Waals surface area (Å²) >= 11 is 0. The van der Waals surface area contributed by atoms with Crippen molar-refractivity contribution in [1.29, 1.82) is 0 Å². The molecule has 1 aliphatic rings. The van der Waals surface area contributed by atoms with Crippen LogP contribution < -0.4 is 10.6 Å². The van der Waals surface area contributed by atoms with Crippen molar-refractivity contribution in [2.75, 3.05) is 31.5 Å². The number of nitrogens with one attached hydrogen (secondary N) is 2. The summed E-state index contributed by atoms with van der Waals surface area (Å²) in [4.78, 5) is 2.47. The van der Waals surface area contributed by atoms with E-state index in [1.807, 2.05) is 0 Å². The largest absolute Gasteiger partial charge is 0.382 e. The third-order valence-corrected chi connectivity index (χ3v) is 4.24. The van der Waals surface area contributed by atoms with Crippen molar-refractivity contribution < 1.29 is 0 Å². The molecule has 112 valence electrons. The van der Waals surface area contributed by atoms with Gasteiger partial charge in [0, 0.05) is 18.3 Å². The molecule has 1 saturated heterocycles. The lowest BCUT2D eigenvalue weighted by molar-refractivity contribution is 0.296. The maximum Gasteiger partial charge on any atom is 0.0388 e. The third-order valence-electron chi connectivity index (χ3n) is 4.24.